The number of ether oxygens (including phenoxy) is 1. The van der Waals surface area contributed by atoms with Gasteiger partial charge in [0.2, 0.25) is 0 Å². The van der Waals surface area contributed by atoms with Crippen LogP contribution in [-0.4, -0.2) is 24.7 Å². The number of anilines is 1. The highest BCUT2D eigenvalue weighted by Crippen LogP contribution is 2.31. The Labute approximate surface area is 122 Å². The molecule has 3 rings (SSSR count). The van der Waals surface area contributed by atoms with Crippen LogP contribution in [0.1, 0.15) is 18.1 Å². The van der Waals surface area contributed by atoms with Crippen LogP contribution in [0.15, 0.2) is 18.3 Å². The van der Waals surface area contributed by atoms with Crippen molar-refractivity contribution in [2.45, 2.75) is 13.8 Å². The molecule has 2 heterocycles. The van der Waals surface area contributed by atoms with Gasteiger partial charge >= 0.3 is 0 Å². The molecule has 108 valence electrons. The summed E-state index contributed by atoms with van der Waals surface area (Å²) in [6.45, 7) is 5.99. The Morgan fingerprint density at radius 2 is 2.24 bits per heavy atom. The predicted octanol–water partition coefficient (Wildman–Crippen LogP) is 3.00. The Morgan fingerprint density at radius 1 is 1.48 bits per heavy atom. The molecule has 1 aromatic carbocycles. The van der Waals surface area contributed by atoms with Gasteiger partial charge in [-0.05, 0) is 24.6 Å². The van der Waals surface area contributed by atoms with Gasteiger partial charge in [0.05, 0.1) is 30.0 Å². The number of aromatic nitrogens is 1. The average Bonchev–Trinajstić information content (AvgIpc) is 2.42. The number of nitrogens with one attached hydrogen (secondary N) is 1. The van der Waals surface area contributed by atoms with Gasteiger partial charge < -0.3 is 10.1 Å². The SMILES string of the molecule is Cc1cc(F)cc2c(NCC3(C)COC3)c(C#N)cnc12. The van der Waals surface area contributed by atoms with Crippen molar-refractivity contribution < 1.29 is 9.13 Å². The molecule has 5 heteroatoms. The number of nitriles is 1. The summed E-state index contributed by atoms with van der Waals surface area (Å²) in [5.74, 6) is -0.321. The molecule has 1 aliphatic heterocycles. The lowest BCUT2D eigenvalue weighted by molar-refractivity contribution is -0.0924. The number of hydrogen-bond donors (Lipinski definition) is 1. The third kappa shape index (κ3) is 2.43. The van der Waals surface area contributed by atoms with Crippen LogP contribution in [0.25, 0.3) is 10.9 Å². The van der Waals surface area contributed by atoms with E-state index in [0.717, 1.165) is 5.56 Å². The zero-order valence-electron chi connectivity index (χ0n) is 12.0. The first kappa shape index (κ1) is 13.8. The second kappa shape index (κ2) is 4.97. The summed E-state index contributed by atoms with van der Waals surface area (Å²) in [7, 11) is 0. The summed E-state index contributed by atoms with van der Waals surface area (Å²) in [4.78, 5) is 4.28. The minimum atomic E-state index is -0.321. The molecule has 0 bridgehead atoms. The fourth-order valence-corrected chi connectivity index (χ4v) is 2.57. The van der Waals surface area contributed by atoms with Crippen LogP contribution in [-0.2, 0) is 4.74 Å². The number of nitrogens with zero attached hydrogens (tertiary/aromatic N) is 2. The van der Waals surface area contributed by atoms with E-state index in [-0.39, 0.29) is 11.2 Å². The summed E-state index contributed by atoms with van der Waals surface area (Å²) in [5, 5.41) is 13.2. The van der Waals surface area contributed by atoms with E-state index in [1.54, 1.807) is 0 Å². The van der Waals surface area contributed by atoms with Crippen molar-refractivity contribution in [3.8, 4) is 6.07 Å². The van der Waals surface area contributed by atoms with Gasteiger partial charge in [0.25, 0.3) is 0 Å². The molecule has 4 nitrogen and oxygen atoms in total. The van der Waals surface area contributed by atoms with E-state index in [2.05, 4.69) is 23.3 Å². The quantitative estimate of drug-likeness (QED) is 0.941. The number of rotatable bonds is 3. The average molecular weight is 285 g/mol. The maximum atomic E-state index is 13.7. The van der Waals surface area contributed by atoms with Gasteiger partial charge in [-0.3, -0.25) is 4.98 Å². The molecule has 0 spiro atoms. The Hall–Kier alpha value is -2.19. The Balaban J connectivity index is 2.07. The zero-order valence-corrected chi connectivity index (χ0v) is 12.0. The smallest absolute Gasteiger partial charge is 0.124 e. The summed E-state index contributed by atoms with van der Waals surface area (Å²) in [6.07, 6.45) is 1.54. The standard InChI is InChI=1S/C16H16FN3O/c1-10-3-12(17)4-13-14(10)19-6-11(5-18)15(13)20-7-16(2)8-21-9-16/h3-4,6H,7-9H2,1-2H3,(H,19,20). The van der Waals surface area contributed by atoms with E-state index in [1.165, 1.54) is 18.3 Å². The molecule has 1 N–H and O–H groups in total. The number of aryl methyl sites for hydroxylation is 1. The van der Waals surface area contributed by atoms with E-state index in [1.807, 2.05) is 6.92 Å². The lowest BCUT2D eigenvalue weighted by Gasteiger charge is -2.38. The third-order valence-corrected chi connectivity index (χ3v) is 3.84. The summed E-state index contributed by atoms with van der Waals surface area (Å²) in [5.41, 5.74) is 2.61. The molecule has 21 heavy (non-hydrogen) atoms. The molecule has 0 radical (unpaired) electrons. The van der Waals surface area contributed by atoms with Crippen molar-refractivity contribution in [3.63, 3.8) is 0 Å². The molecule has 2 aromatic rings. The van der Waals surface area contributed by atoms with Gasteiger partial charge in [-0.2, -0.15) is 5.26 Å². The normalized spacial score (nSPS) is 16.3. The molecular formula is C16H16FN3O. The van der Waals surface area contributed by atoms with Crippen molar-refractivity contribution in [2.24, 2.45) is 5.41 Å². The number of fused-ring (bicyclic) bond motifs is 1. The lowest BCUT2D eigenvalue weighted by Crippen LogP contribution is -2.45. The minimum absolute atomic E-state index is 0.0602. The van der Waals surface area contributed by atoms with Gasteiger partial charge in [-0.25, -0.2) is 4.39 Å². The van der Waals surface area contributed by atoms with Crippen molar-refractivity contribution in [1.82, 2.24) is 4.98 Å². The topological polar surface area (TPSA) is 57.9 Å². The van der Waals surface area contributed by atoms with Crippen LogP contribution in [0, 0.1) is 29.5 Å². The fraction of sp³-hybridized carbons (Fsp3) is 0.375. The Kier molecular flexibility index (Phi) is 3.26. The fourth-order valence-electron chi connectivity index (χ4n) is 2.57. The van der Waals surface area contributed by atoms with E-state index >= 15 is 0 Å². The van der Waals surface area contributed by atoms with Gasteiger partial charge in [-0.15, -0.1) is 0 Å². The minimum Gasteiger partial charge on any atom is -0.383 e. The Morgan fingerprint density at radius 3 is 2.86 bits per heavy atom. The first-order valence-corrected chi connectivity index (χ1v) is 6.83. The molecule has 1 saturated heterocycles. The highest BCUT2D eigenvalue weighted by molar-refractivity contribution is 5.95. The van der Waals surface area contributed by atoms with Crippen molar-refractivity contribution in [3.05, 3.63) is 35.3 Å². The van der Waals surface area contributed by atoms with Crippen LogP contribution in [0.4, 0.5) is 10.1 Å². The summed E-state index contributed by atoms with van der Waals surface area (Å²) >= 11 is 0. The van der Waals surface area contributed by atoms with Gasteiger partial charge in [0.1, 0.15) is 11.9 Å². The molecule has 0 unspecified atom stereocenters. The second-order valence-corrected chi connectivity index (χ2v) is 5.93. The maximum absolute atomic E-state index is 13.7. The number of benzene rings is 1. The van der Waals surface area contributed by atoms with E-state index in [0.29, 0.717) is 41.9 Å². The molecule has 0 atom stereocenters. The van der Waals surface area contributed by atoms with Crippen LogP contribution in [0.5, 0.6) is 0 Å². The molecule has 1 aliphatic rings. The molecule has 0 amide bonds. The maximum Gasteiger partial charge on any atom is 0.124 e. The second-order valence-electron chi connectivity index (χ2n) is 5.93. The van der Waals surface area contributed by atoms with E-state index in [4.69, 9.17) is 4.74 Å². The van der Waals surface area contributed by atoms with Gasteiger partial charge in [-0.1, -0.05) is 6.92 Å². The van der Waals surface area contributed by atoms with Crippen molar-refractivity contribution in [1.29, 1.82) is 5.26 Å². The van der Waals surface area contributed by atoms with E-state index < -0.39 is 0 Å². The molecule has 1 fully saturated rings. The zero-order chi connectivity index (χ0) is 15.0. The number of pyridine rings is 1. The summed E-state index contributed by atoms with van der Waals surface area (Å²) in [6, 6.07) is 5.00. The molecule has 0 saturated carbocycles. The van der Waals surface area contributed by atoms with Crippen LogP contribution in [0.2, 0.25) is 0 Å². The van der Waals surface area contributed by atoms with Gasteiger partial charge in [0.15, 0.2) is 0 Å². The van der Waals surface area contributed by atoms with Crippen molar-refractivity contribution in [2.75, 3.05) is 25.1 Å². The third-order valence-electron chi connectivity index (χ3n) is 3.84. The lowest BCUT2D eigenvalue weighted by atomic mass is 9.88. The molecule has 0 aliphatic carbocycles. The monoisotopic (exact) mass is 285 g/mol. The first-order chi connectivity index (χ1) is 10.0. The van der Waals surface area contributed by atoms with Crippen LogP contribution in [0.3, 0.4) is 0 Å². The van der Waals surface area contributed by atoms with Crippen LogP contribution < -0.4 is 5.32 Å². The largest absolute Gasteiger partial charge is 0.383 e. The number of halogens is 1. The molecule has 1 aromatic heterocycles. The van der Waals surface area contributed by atoms with E-state index in [9.17, 15) is 9.65 Å². The highest BCUT2D eigenvalue weighted by Gasteiger charge is 2.33. The number of hydrogen-bond acceptors (Lipinski definition) is 4. The van der Waals surface area contributed by atoms with Crippen molar-refractivity contribution >= 4 is 16.6 Å². The first-order valence-electron chi connectivity index (χ1n) is 6.83. The predicted molar refractivity (Wildman–Crippen MR) is 78.6 cm³/mol. The highest BCUT2D eigenvalue weighted by atomic mass is 19.1. The Bertz CT molecular complexity index is 747. The van der Waals surface area contributed by atoms with Gasteiger partial charge in [0, 0.05) is 23.5 Å². The molecular weight excluding hydrogens is 269 g/mol. The summed E-state index contributed by atoms with van der Waals surface area (Å²) < 4.78 is 18.9. The van der Waals surface area contributed by atoms with Crippen LogP contribution >= 0.6 is 0 Å².